The molecule has 0 radical (unpaired) electrons. The Kier molecular flexibility index (Phi) is 15.1. The van der Waals surface area contributed by atoms with Gasteiger partial charge >= 0.3 is 11.9 Å². The van der Waals surface area contributed by atoms with Crippen LogP contribution in [0.2, 0.25) is 0 Å². The molecule has 1 fully saturated rings. The first-order valence-corrected chi connectivity index (χ1v) is 18.2. The van der Waals surface area contributed by atoms with Crippen LogP contribution in [0.1, 0.15) is 38.2 Å². The number of carboxylic acid groups (broad SMARTS) is 1. The van der Waals surface area contributed by atoms with Gasteiger partial charge in [-0.25, -0.2) is 4.79 Å². The number of rotatable bonds is 13. The molecule has 0 saturated carbocycles. The normalized spacial score (nSPS) is 13.6. The maximum absolute atomic E-state index is 12.8. The minimum absolute atomic E-state index is 0.0642. The molecule has 2 aromatic carbocycles. The number of carbonyl (C=O) groups is 5. The van der Waals surface area contributed by atoms with Crippen LogP contribution in [0, 0.1) is 14.3 Å². The van der Waals surface area contributed by atoms with E-state index < -0.39 is 23.9 Å². The van der Waals surface area contributed by atoms with E-state index in [4.69, 9.17) is 14.6 Å². The Balaban J connectivity index is 1.58. The summed E-state index contributed by atoms with van der Waals surface area (Å²) in [4.78, 5) is 64.3. The maximum Gasteiger partial charge on any atom is 0.328 e. The average Bonchev–Trinajstić information content (AvgIpc) is 2.99. The van der Waals surface area contributed by atoms with Crippen molar-refractivity contribution in [3.05, 3.63) is 44.1 Å². The number of benzene rings is 2. The van der Waals surface area contributed by atoms with Crippen molar-refractivity contribution in [1.29, 1.82) is 0 Å². The Morgan fingerprint density at radius 3 is 1.82 bits per heavy atom. The van der Waals surface area contributed by atoms with Gasteiger partial charge in [-0.3, -0.25) is 19.2 Å². The highest BCUT2D eigenvalue weighted by Gasteiger charge is 2.27. The Morgan fingerprint density at radius 2 is 1.33 bits per heavy atom. The molecule has 0 aromatic heterocycles. The lowest BCUT2D eigenvalue weighted by Gasteiger charge is -2.34. The molecule has 3 rings (SSSR count). The molecule has 1 heterocycles. The van der Waals surface area contributed by atoms with E-state index in [9.17, 15) is 29.1 Å². The number of esters is 1. The molecule has 1 aliphatic heterocycles. The van der Waals surface area contributed by atoms with E-state index in [1.807, 2.05) is 57.3 Å². The molecule has 0 bridgehead atoms. The lowest BCUT2D eigenvalue weighted by Crippen LogP contribution is -2.50. The van der Waals surface area contributed by atoms with Gasteiger partial charge in [-0.05, 0) is 127 Å². The number of nitrogens with one attached hydrogen (secondary N) is 1. The first-order valence-electron chi connectivity index (χ1n) is 13.9. The first kappa shape index (κ1) is 37.8. The number of carbonyl (C=O) groups excluding carboxylic acids is 4. The summed E-state index contributed by atoms with van der Waals surface area (Å²) in [5, 5.41) is 21.5. The highest BCUT2D eigenvalue weighted by Crippen LogP contribution is 2.37. The van der Waals surface area contributed by atoms with Crippen molar-refractivity contribution in [3.63, 3.8) is 0 Å². The predicted octanol–water partition coefficient (Wildman–Crippen LogP) is 4.51. The standard InChI is InChI=1S/C29H31I4N3O9/c1-2-44-29(43)22(13-16-11-20(32)28(21(33)12-16)45-17-14-18(30)27(42)19(31)15-17)34-23(37)3-4-24(38)35-7-9-36(10-8-35)25(39)5-6-26(40)41/h11-12,14-15,22,42H,2-10,13H2,1H3,(H,34,37)(H,40,41). The molecule has 0 aliphatic carbocycles. The van der Waals surface area contributed by atoms with Crippen LogP contribution < -0.4 is 10.1 Å². The van der Waals surface area contributed by atoms with Crippen LogP contribution in [0.4, 0.5) is 0 Å². The minimum atomic E-state index is -1.04. The third kappa shape index (κ3) is 11.5. The number of amides is 3. The molecule has 0 spiro atoms. The summed E-state index contributed by atoms with van der Waals surface area (Å²) in [6, 6.07) is 6.24. The SMILES string of the molecule is CCOC(=O)C(Cc1cc(I)c(Oc2cc(I)c(O)c(I)c2)c(I)c1)NC(=O)CCC(=O)N1CCN(C(=O)CCC(=O)O)CC1. The third-order valence-corrected chi connectivity index (χ3v) is 9.97. The fourth-order valence-corrected chi connectivity index (χ4v) is 8.27. The molecular weight excluding hydrogens is 1040 g/mol. The van der Waals surface area contributed by atoms with Crippen molar-refractivity contribution in [2.45, 2.75) is 45.1 Å². The number of ether oxygens (including phenoxy) is 2. The summed E-state index contributed by atoms with van der Waals surface area (Å²) in [5.41, 5.74) is 0.774. The molecule has 12 nitrogen and oxygen atoms in total. The molecule has 1 unspecified atom stereocenters. The second-order valence-corrected chi connectivity index (χ2v) is 14.6. The molecule has 244 valence electrons. The summed E-state index contributed by atoms with van der Waals surface area (Å²) in [7, 11) is 0. The topological polar surface area (TPSA) is 163 Å². The highest BCUT2D eigenvalue weighted by atomic mass is 127. The van der Waals surface area contributed by atoms with Crippen LogP contribution >= 0.6 is 90.4 Å². The number of phenols is 1. The van der Waals surface area contributed by atoms with Gasteiger partial charge in [-0.1, -0.05) is 0 Å². The zero-order valence-electron chi connectivity index (χ0n) is 24.1. The lowest BCUT2D eigenvalue weighted by atomic mass is 10.1. The van der Waals surface area contributed by atoms with Gasteiger partial charge in [0.15, 0.2) is 5.75 Å². The fraction of sp³-hybridized carbons (Fsp3) is 0.414. The van der Waals surface area contributed by atoms with Gasteiger partial charge in [0.25, 0.3) is 0 Å². The van der Waals surface area contributed by atoms with E-state index in [-0.39, 0.29) is 56.3 Å². The molecule has 1 atom stereocenters. The molecular formula is C29H31I4N3O9. The Hall–Kier alpha value is -1.69. The predicted molar refractivity (Wildman–Crippen MR) is 197 cm³/mol. The van der Waals surface area contributed by atoms with Gasteiger partial charge < -0.3 is 34.8 Å². The van der Waals surface area contributed by atoms with Crippen molar-refractivity contribution >= 4 is 120 Å². The number of phenolic OH excluding ortho intramolecular Hbond substituents is 1. The molecule has 1 saturated heterocycles. The van der Waals surface area contributed by atoms with E-state index in [0.717, 1.165) is 12.7 Å². The highest BCUT2D eigenvalue weighted by molar-refractivity contribution is 14.1. The fourth-order valence-electron chi connectivity index (χ4n) is 4.44. The van der Waals surface area contributed by atoms with Crippen LogP contribution in [0.3, 0.4) is 0 Å². The number of halogens is 4. The number of aliphatic carboxylic acids is 1. The number of piperazine rings is 1. The maximum atomic E-state index is 12.8. The Morgan fingerprint density at radius 1 is 0.822 bits per heavy atom. The summed E-state index contributed by atoms with van der Waals surface area (Å²) >= 11 is 8.37. The smallest absolute Gasteiger partial charge is 0.328 e. The molecule has 3 amide bonds. The van der Waals surface area contributed by atoms with E-state index in [0.29, 0.717) is 44.8 Å². The number of carboxylic acids is 1. The second kappa shape index (κ2) is 18.0. The van der Waals surface area contributed by atoms with Crippen molar-refractivity contribution in [1.82, 2.24) is 15.1 Å². The number of aromatic hydroxyl groups is 1. The van der Waals surface area contributed by atoms with Gasteiger partial charge in [0.1, 0.15) is 17.5 Å². The van der Waals surface area contributed by atoms with Crippen LogP contribution in [0.25, 0.3) is 0 Å². The largest absolute Gasteiger partial charge is 0.506 e. The van der Waals surface area contributed by atoms with Crippen LogP contribution in [-0.2, 0) is 35.1 Å². The molecule has 3 N–H and O–H groups in total. The van der Waals surface area contributed by atoms with Crippen molar-refractivity contribution in [3.8, 4) is 17.2 Å². The van der Waals surface area contributed by atoms with Gasteiger partial charge in [0.2, 0.25) is 17.7 Å². The molecule has 1 aliphatic rings. The van der Waals surface area contributed by atoms with Gasteiger partial charge in [-0.15, -0.1) is 0 Å². The quantitative estimate of drug-likeness (QED) is 0.194. The van der Waals surface area contributed by atoms with Crippen LogP contribution in [0.15, 0.2) is 24.3 Å². The van der Waals surface area contributed by atoms with Gasteiger partial charge in [0, 0.05) is 51.9 Å². The summed E-state index contributed by atoms with van der Waals surface area (Å²) in [5.74, 6) is -1.20. The average molecular weight is 1070 g/mol. The first-order chi connectivity index (χ1) is 21.3. The molecule has 45 heavy (non-hydrogen) atoms. The van der Waals surface area contributed by atoms with E-state index in [1.165, 1.54) is 0 Å². The van der Waals surface area contributed by atoms with E-state index in [2.05, 4.69) is 50.5 Å². The minimum Gasteiger partial charge on any atom is -0.506 e. The molecule has 16 heteroatoms. The summed E-state index contributed by atoms with van der Waals surface area (Å²) in [6.45, 7) is 3.02. The van der Waals surface area contributed by atoms with Crippen molar-refractivity contribution in [2.75, 3.05) is 32.8 Å². The van der Waals surface area contributed by atoms with Crippen molar-refractivity contribution < 1.29 is 43.7 Å². The van der Waals surface area contributed by atoms with Gasteiger partial charge in [-0.2, -0.15) is 0 Å². The number of hydrogen-bond donors (Lipinski definition) is 3. The van der Waals surface area contributed by atoms with Gasteiger partial charge in [0.05, 0.1) is 27.3 Å². The monoisotopic (exact) mass is 1070 g/mol. The zero-order valence-corrected chi connectivity index (χ0v) is 32.7. The summed E-state index contributed by atoms with van der Waals surface area (Å²) < 4.78 is 14.2. The molecule has 2 aromatic rings. The third-order valence-electron chi connectivity index (χ3n) is 6.72. The second-order valence-electron chi connectivity index (χ2n) is 9.96. The van der Waals surface area contributed by atoms with E-state index in [1.54, 1.807) is 28.9 Å². The van der Waals surface area contributed by atoms with Crippen LogP contribution in [-0.4, -0.2) is 88.5 Å². The lowest BCUT2D eigenvalue weighted by molar-refractivity contribution is -0.147. The van der Waals surface area contributed by atoms with Crippen molar-refractivity contribution in [2.24, 2.45) is 0 Å². The number of hydrogen-bond acceptors (Lipinski definition) is 8. The Bertz CT molecular complexity index is 1400. The van der Waals surface area contributed by atoms with E-state index >= 15 is 0 Å². The zero-order chi connectivity index (χ0) is 33.3. The summed E-state index contributed by atoms with van der Waals surface area (Å²) in [6.07, 6.45) is -0.347. The number of nitrogens with zero attached hydrogens (tertiary/aromatic N) is 2. The van der Waals surface area contributed by atoms with Crippen LogP contribution in [0.5, 0.6) is 17.2 Å². The Labute approximate surface area is 314 Å².